The summed E-state index contributed by atoms with van der Waals surface area (Å²) in [6.45, 7) is 4.98. The average Bonchev–Trinajstić information content (AvgIpc) is 2.81. The quantitative estimate of drug-likeness (QED) is 0.895. The van der Waals surface area contributed by atoms with Gasteiger partial charge in [0.2, 0.25) is 0 Å². The van der Waals surface area contributed by atoms with Crippen LogP contribution in [0.4, 0.5) is 0 Å². The van der Waals surface area contributed by atoms with Crippen molar-refractivity contribution in [2.75, 3.05) is 13.1 Å². The third-order valence-electron chi connectivity index (χ3n) is 4.61. The van der Waals surface area contributed by atoms with Gasteiger partial charge in [-0.25, -0.2) is 0 Å². The number of piperidine rings is 1. The molecule has 1 unspecified atom stereocenters. The summed E-state index contributed by atoms with van der Waals surface area (Å²) in [5, 5.41) is 10.2. The van der Waals surface area contributed by atoms with E-state index in [4.69, 9.17) is 5.11 Å². The van der Waals surface area contributed by atoms with Crippen LogP contribution in [0.5, 0.6) is 0 Å². The maximum atomic E-state index is 12.7. The molecule has 116 valence electrons. The van der Waals surface area contributed by atoms with Gasteiger partial charge in [-0.2, -0.15) is 0 Å². The summed E-state index contributed by atoms with van der Waals surface area (Å²) in [6.07, 6.45) is 1.39. The monoisotopic (exact) mass is 300 g/mol. The lowest BCUT2D eigenvalue weighted by molar-refractivity contribution is -0.143. The van der Waals surface area contributed by atoms with Gasteiger partial charge >= 0.3 is 5.97 Å². The van der Waals surface area contributed by atoms with Crippen LogP contribution in [0.1, 0.15) is 34.5 Å². The van der Waals surface area contributed by atoms with Crippen molar-refractivity contribution in [1.82, 2.24) is 9.88 Å². The number of aromatic nitrogens is 1. The van der Waals surface area contributed by atoms with Crippen LogP contribution in [0.2, 0.25) is 0 Å². The molecule has 1 aliphatic rings. The Hall–Kier alpha value is -2.30. The lowest BCUT2D eigenvalue weighted by atomic mass is 9.97. The number of hydrogen-bond donors (Lipinski definition) is 2. The maximum absolute atomic E-state index is 12.7. The molecule has 1 saturated heterocycles. The number of fused-ring (bicyclic) bond motifs is 1. The van der Waals surface area contributed by atoms with Gasteiger partial charge in [0.1, 0.15) is 0 Å². The first-order valence-electron chi connectivity index (χ1n) is 7.58. The molecular weight excluding hydrogens is 280 g/mol. The highest BCUT2D eigenvalue weighted by Gasteiger charge is 2.28. The van der Waals surface area contributed by atoms with Gasteiger partial charge < -0.3 is 15.0 Å². The number of carboxylic acid groups (broad SMARTS) is 1. The first-order chi connectivity index (χ1) is 10.5. The third-order valence-corrected chi connectivity index (χ3v) is 4.61. The number of aliphatic carboxylic acids is 1. The van der Waals surface area contributed by atoms with E-state index in [0.29, 0.717) is 25.1 Å². The Labute approximate surface area is 128 Å². The maximum Gasteiger partial charge on any atom is 0.308 e. The molecule has 0 bridgehead atoms. The van der Waals surface area contributed by atoms with Crippen molar-refractivity contribution in [3.63, 3.8) is 0 Å². The van der Waals surface area contributed by atoms with Crippen molar-refractivity contribution in [1.29, 1.82) is 0 Å². The van der Waals surface area contributed by atoms with E-state index >= 15 is 0 Å². The first kappa shape index (κ1) is 14.6. The second-order valence-corrected chi connectivity index (χ2v) is 6.06. The molecule has 2 N–H and O–H groups in total. The van der Waals surface area contributed by atoms with Crippen molar-refractivity contribution >= 4 is 22.8 Å². The van der Waals surface area contributed by atoms with E-state index in [1.165, 1.54) is 0 Å². The van der Waals surface area contributed by atoms with E-state index in [1.807, 2.05) is 32.0 Å². The minimum Gasteiger partial charge on any atom is -0.481 e. The summed E-state index contributed by atoms with van der Waals surface area (Å²) in [5.41, 5.74) is 3.89. The van der Waals surface area contributed by atoms with Gasteiger partial charge in [0.25, 0.3) is 5.91 Å². The lowest BCUT2D eigenvalue weighted by Gasteiger charge is -2.30. The van der Waals surface area contributed by atoms with E-state index in [1.54, 1.807) is 4.90 Å². The van der Waals surface area contributed by atoms with Gasteiger partial charge in [0.05, 0.1) is 5.92 Å². The highest BCUT2D eigenvalue weighted by Crippen LogP contribution is 2.24. The van der Waals surface area contributed by atoms with Gasteiger partial charge in [0.15, 0.2) is 0 Å². The fourth-order valence-electron chi connectivity index (χ4n) is 3.14. The van der Waals surface area contributed by atoms with Gasteiger partial charge in [-0.15, -0.1) is 0 Å². The number of H-pyrrole nitrogens is 1. The van der Waals surface area contributed by atoms with Gasteiger partial charge in [-0.1, -0.05) is 0 Å². The van der Waals surface area contributed by atoms with Crippen LogP contribution < -0.4 is 0 Å². The summed E-state index contributed by atoms with van der Waals surface area (Å²) >= 11 is 0. The number of carbonyl (C=O) groups is 2. The predicted molar refractivity (Wildman–Crippen MR) is 84.0 cm³/mol. The molecule has 1 aromatic heterocycles. The van der Waals surface area contributed by atoms with Crippen LogP contribution in [0.25, 0.3) is 10.9 Å². The Morgan fingerprint density at radius 3 is 2.82 bits per heavy atom. The van der Waals surface area contributed by atoms with Crippen LogP contribution in [0.15, 0.2) is 18.2 Å². The predicted octanol–water partition coefficient (Wildman–Crippen LogP) is 2.72. The van der Waals surface area contributed by atoms with Gasteiger partial charge in [0, 0.05) is 35.2 Å². The first-order valence-corrected chi connectivity index (χ1v) is 7.58. The van der Waals surface area contributed by atoms with Crippen LogP contribution in [-0.2, 0) is 4.79 Å². The number of amides is 1. The number of aryl methyl sites for hydroxylation is 2. The highest BCUT2D eigenvalue weighted by atomic mass is 16.4. The summed E-state index contributed by atoms with van der Waals surface area (Å²) < 4.78 is 0. The van der Waals surface area contributed by atoms with E-state index in [9.17, 15) is 9.59 Å². The van der Waals surface area contributed by atoms with Crippen molar-refractivity contribution < 1.29 is 14.7 Å². The minimum absolute atomic E-state index is 0.0777. The molecule has 1 fully saturated rings. The van der Waals surface area contributed by atoms with Crippen molar-refractivity contribution in [2.24, 2.45) is 5.92 Å². The minimum atomic E-state index is -0.815. The van der Waals surface area contributed by atoms with Crippen LogP contribution in [-0.4, -0.2) is 40.0 Å². The fourth-order valence-corrected chi connectivity index (χ4v) is 3.14. The number of aromatic amines is 1. The van der Waals surface area contributed by atoms with Crippen LogP contribution in [0.3, 0.4) is 0 Å². The standard InChI is InChI=1S/C17H20N2O3/c1-10-11(2)18-15-6-5-12(8-14(10)15)16(20)19-7-3-4-13(9-19)17(21)22/h5-6,8,13,18H,3-4,7,9H2,1-2H3,(H,21,22). The van der Waals surface area contributed by atoms with E-state index in [2.05, 4.69) is 4.98 Å². The Bertz CT molecular complexity index is 748. The van der Waals surface area contributed by atoms with E-state index in [-0.39, 0.29) is 5.91 Å². The fraction of sp³-hybridized carbons (Fsp3) is 0.412. The molecule has 0 aliphatic carbocycles. The Kier molecular flexibility index (Phi) is 3.64. The van der Waals surface area contributed by atoms with E-state index < -0.39 is 11.9 Å². The zero-order valence-electron chi connectivity index (χ0n) is 12.8. The lowest BCUT2D eigenvalue weighted by Crippen LogP contribution is -2.42. The number of carbonyl (C=O) groups excluding carboxylic acids is 1. The summed E-state index contributed by atoms with van der Waals surface area (Å²) in [5.74, 6) is -1.34. The molecule has 1 atom stereocenters. The van der Waals surface area contributed by atoms with Crippen molar-refractivity contribution in [2.45, 2.75) is 26.7 Å². The number of carboxylic acids is 1. The molecule has 1 amide bonds. The van der Waals surface area contributed by atoms with Gasteiger partial charge in [-0.05, 0) is 50.5 Å². The highest BCUT2D eigenvalue weighted by molar-refractivity contribution is 5.99. The summed E-state index contributed by atoms with van der Waals surface area (Å²) in [6, 6.07) is 5.63. The SMILES string of the molecule is Cc1[nH]c2ccc(C(=O)N3CCCC(C(=O)O)C3)cc2c1C. The Balaban J connectivity index is 1.88. The Morgan fingerprint density at radius 2 is 2.09 bits per heavy atom. The zero-order valence-corrected chi connectivity index (χ0v) is 12.8. The van der Waals surface area contributed by atoms with Crippen molar-refractivity contribution in [3.05, 3.63) is 35.0 Å². The van der Waals surface area contributed by atoms with Crippen molar-refractivity contribution in [3.8, 4) is 0 Å². The zero-order chi connectivity index (χ0) is 15.9. The molecule has 2 aromatic rings. The molecule has 5 heteroatoms. The molecule has 0 radical (unpaired) electrons. The number of benzene rings is 1. The number of hydrogen-bond acceptors (Lipinski definition) is 2. The molecule has 5 nitrogen and oxygen atoms in total. The second kappa shape index (κ2) is 5.48. The van der Waals surface area contributed by atoms with Gasteiger partial charge in [-0.3, -0.25) is 9.59 Å². The van der Waals surface area contributed by atoms with E-state index in [0.717, 1.165) is 28.6 Å². The van der Waals surface area contributed by atoms with Crippen LogP contribution in [0, 0.1) is 19.8 Å². The Morgan fingerprint density at radius 1 is 1.32 bits per heavy atom. The average molecular weight is 300 g/mol. The molecule has 0 saturated carbocycles. The summed E-state index contributed by atoms with van der Waals surface area (Å²) in [7, 11) is 0. The van der Waals surface area contributed by atoms with Crippen LogP contribution >= 0.6 is 0 Å². The largest absolute Gasteiger partial charge is 0.481 e. The number of likely N-dealkylation sites (tertiary alicyclic amines) is 1. The molecule has 3 rings (SSSR count). The molecular formula is C17H20N2O3. The second-order valence-electron chi connectivity index (χ2n) is 6.06. The topological polar surface area (TPSA) is 73.4 Å². The smallest absolute Gasteiger partial charge is 0.308 e. The number of nitrogens with zero attached hydrogens (tertiary/aromatic N) is 1. The molecule has 1 aliphatic heterocycles. The number of rotatable bonds is 2. The molecule has 2 heterocycles. The third kappa shape index (κ3) is 2.47. The molecule has 22 heavy (non-hydrogen) atoms. The summed E-state index contributed by atoms with van der Waals surface area (Å²) in [4.78, 5) is 28.7. The molecule has 0 spiro atoms. The normalized spacial score (nSPS) is 18.6. The molecule has 1 aromatic carbocycles. The number of nitrogens with one attached hydrogen (secondary N) is 1.